The topological polar surface area (TPSA) is 101 Å². The fourth-order valence-corrected chi connectivity index (χ4v) is 7.97. The van der Waals surface area contributed by atoms with E-state index in [9.17, 15) is 14.4 Å². The maximum Gasteiger partial charge on any atom is 0.337 e. The van der Waals surface area contributed by atoms with Gasteiger partial charge in [-0.3, -0.25) is 14.6 Å². The highest BCUT2D eigenvalue weighted by Gasteiger charge is 2.41. The molecule has 0 bridgehead atoms. The summed E-state index contributed by atoms with van der Waals surface area (Å²) in [5.74, 6) is -1.73. The van der Waals surface area contributed by atoms with Gasteiger partial charge in [0.25, 0.3) is 0 Å². The summed E-state index contributed by atoms with van der Waals surface area (Å²) in [7, 11) is 4.03. The Labute approximate surface area is 354 Å². The minimum atomic E-state index is -0.992. The lowest BCUT2D eigenvalue weighted by molar-refractivity contribution is -0.148. The molecule has 6 rings (SSSR count). The number of para-hydroxylation sites is 1. The molecule has 0 saturated heterocycles. The average Bonchev–Trinajstić information content (AvgIpc) is 3.22. The number of likely N-dealkylation sites (N-methyl/N-ethyl adjacent to an activating group) is 2. The maximum atomic E-state index is 14.9. The molecule has 0 aliphatic carbocycles. The van der Waals surface area contributed by atoms with Crippen LogP contribution in [-0.4, -0.2) is 61.1 Å². The number of ether oxygens (including phenoxy) is 2. The summed E-state index contributed by atoms with van der Waals surface area (Å²) in [4.78, 5) is 48.2. The van der Waals surface area contributed by atoms with Crippen LogP contribution in [-0.2, 0) is 32.2 Å². The van der Waals surface area contributed by atoms with Crippen LogP contribution in [0, 0.1) is 18.8 Å². The highest BCUT2D eigenvalue weighted by Crippen LogP contribution is 2.43. The van der Waals surface area contributed by atoms with E-state index < -0.39 is 30.1 Å². The Morgan fingerprint density at radius 2 is 1.10 bits per heavy atom. The summed E-state index contributed by atoms with van der Waals surface area (Å²) in [6.45, 7) is 15.9. The first-order valence-corrected chi connectivity index (χ1v) is 20.9. The van der Waals surface area contributed by atoms with E-state index in [2.05, 4.69) is 39.4 Å². The third-order valence-corrected chi connectivity index (χ3v) is 11.3. The van der Waals surface area contributed by atoms with Crippen molar-refractivity contribution in [2.24, 2.45) is 11.8 Å². The Kier molecular flexibility index (Phi) is 14.3. The molecule has 4 aromatic carbocycles. The van der Waals surface area contributed by atoms with Gasteiger partial charge in [-0.05, 0) is 63.9 Å². The third kappa shape index (κ3) is 10.1. The van der Waals surface area contributed by atoms with E-state index in [0.29, 0.717) is 65.4 Å². The SMILES string of the molecule is CC1=C(C(=O)OC(CN(C)Cc2ccccc2)C(C)C)C(c2cccc3c(=O)c(C)c(-c4ccccc4)oc23)C(C(=O)OC(CN(C)Cc2ccccc2)C(C)C)=C(C)N1. The summed E-state index contributed by atoms with van der Waals surface area (Å²) < 4.78 is 19.7. The van der Waals surface area contributed by atoms with Crippen molar-refractivity contribution in [1.82, 2.24) is 15.1 Å². The van der Waals surface area contributed by atoms with Crippen LogP contribution in [0.2, 0.25) is 0 Å². The summed E-state index contributed by atoms with van der Waals surface area (Å²) in [5, 5.41) is 3.69. The van der Waals surface area contributed by atoms with Crippen molar-refractivity contribution in [1.29, 1.82) is 0 Å². The second kappa shape index (κ2) is 19.5. The van der Waals surface area contributed by atoms with Crippen molar-refractivity contribution in [2.45, 2.75) is 79.7 Å². The molecule has 9 heteroatoms. The zero-order valence-corrected chi connectivity index (χ0v) is 36.5. The van der Waals surface area contributed by atoms with Crippen molar-refractivity contribution < 1.29 is 23.5 Å². The predicted molar refractivity (Wildman–Crippen MR) is 239 cm³/mol. The van der Waals surface area contributed by atoms with Crippen molar-refractivity contribution in [3.8, 4) is 11.3 Å². The normalized spacial score (nSPS) is 15.5. The fraction of sp³-hybridized carbons (Fsp3) is 0.353. The number of nitrogens with one attached hydrogen (secondary N) is 1. The lowest BCUT2D eigenvalue weighted by atomic mass is 9.79. The molecule has 1 aromatic heterocycles. The molecule has 1 N–H and O–H groups in total. The number of hydrogen-bond acceptors (Lipinski definition) is 9. The molecule has 1 aliphatic heterocycles. The molecule has 314 valence electrons. The van der Waals surface area contributed by atoms with E-state index in [1.54, 1.807) is 19.1 Å². The number of hydrogen-bond donors (Lipinski definition) is 1. The quantitative estimate of drug-likeness (QED) is 0.0978. The average molecular weight is 810 g/mol. The van der Waals surface area contributed by atoms with E-state index in [1.165, 1.54) is 0 Å². The molecule has 0 fully saturated rings. The third-order valence-electron chi connectivity index (χ3n) is 11.3. The zero-order valence-electron chi connectivity index (χ0n) is 36.5. The van der Waals surface area contributed by atoms with E-state index in [0.717, 1.165) is 16.7 Å². The highest BCUT2D eigenvalue weighted by atomic mass is 16.5. The molecule has 0 spiro atoms. The predicted octanol–water partition coefficient (Wildman–Crippen LogP) is 9.40. The van der Waals surface area contributed by atoms with Gasteiger partial charge in [-0.15, -0.1) is 0 Å². The minimum Gasteiger partial charge on any atom is -0.457 e. The molecule has 2 unspecified atom stereocenters. The van der Waals surface area contributed by atoms with Crippen LogP contribution in [0.3, 0.4) is 0 Å². The van der Waals surface area contributed by atoms with Gasteiger partial charge in [0.1, 0.15) is 23.6 Å². The number of rotatable bonds is 16. The first kappa shape index (κ1) is 43.8. The summed E-state index contributed by atoms with van der Waals surface area (Å²) in [6.07, 6.45) is -0.948. The second-order valence-electron chi connectivity index (χ2n) is 16.9. The van der Waals surface area contributed by atoms with Crippen LogP contribution >= 0.6 is 0 Å². The molecule has 2 heterocycles. The Hall–Kier alpha value is -5.77. The van der Waals surface area contributed by atoms with E-state index in [-0.39, 0.29) is 28.4 Å². The summed E-state index contributed by atoms with van der Waals surface area (Å²) in [6, 6.07) is 35.1. The van der Waals surface area contributed by atoms with Gasteiger partial charge in [0, 0.05) is 54.3 Å². The molecule has 0 radical (unpaired) electrons. The van der Waals surface area contributed by atoms with Crippen molar-refractivity contribution in [3.05, 3.63) is 164 Å². The molecule has 0 saturated carbocycles. The van der Waals surface area contributed by atoms with Crippen LogP contribution in [0.1, 0.15) is 69.7 Å². The molecule has 0 amide bonds. The highest BCUT2D eigenvalue weighted by molar-refractivity contribution is 6.01. The number of fused-ring (bicyclic) bond motifs is 1. The molecular weight excluding hydrogens is 751 g/mol. The van der Waals surface area contributed by atoms with Crippen molar-refractivity contribution >= 4 is 22.9 Å². The van der Waals surface area contributed by atoms with Crippen LogP contribution in [0.15, 0.2) is 141 Å². The number of carbonyl (C=O) groups excluding carboxylic acids is 2. The van der Waals surface area contributed by atoms with Gasteiger partial charge in [0.15, 0.2) is 5.43 Å². The summed E-state index contributed by atoms with van der Waals surface area (Å²) in [5.41, 5.74) is 5.69. The second-order valence-corrected chi connectivity index (χ2v) is 16.9. The van der Waals surface area contributed by atoms with Crippen molar-refractivity contribution in [2.75, 3.05) is 27.2 Å². The number of benzene rings is 4. The van der Waals surface area contributed by atoms with Crippen LogP contribution in [0.4, 0.5) is 0 Å². The van der Waals surface area contributed by atoms with Gasteiger partial charge in [-0.2, -0.15) is 0 Å². The van der Waals surface area contributed by atoms with Crippen molar-refractivity contribution in [3.63, 3.8) is 0 Å². The number of esters is 2. The monoisotopic (exact) mass is 809 g/mol. The van der Waals surface area contributed by atoms with Gasteiger partial charge in [0.05, 0.1) is 22.5 Å². The number of dihydropyridines is 1. The van der Waals surface area contributed by atoms with E-state index in [4.69, 9.17) is 13.9 Å². The number of carbonyl (C=O) groups is 2. The molecular formula is C51H59N3O6. The van der Waals surface area contributed by atoms with E-state index >= 15 is 0 Å². The van der Waals surface area contributed by atoms with E-state index in [1.807, 2.05) is 128 Å². The first-order valence-electron chi connectivity index (χ1n) is 20.9. The van der Waals surface area contributed by atoms with Crippen LogP contribution in [0.25, 0.3) is 22.3 Å². The van der Waals surface area contributed by atoms with Gasteiger partial charge in [-0.25, -0.2) is 9.59 Å². The Balaban J connectivity index is 1.42. The van der Waals surface area contributed by atoms with Gasteiger partial charge >= 0.3 is 11.9 Å². The standard InChI is InChI=1S/C51H59N3O6/c1-32(2)42(30-53(8)28-37-20-13-10-14-21-37)58-50(56)44-35(6)52-36(7)45(51(57)59-43(33(3)4)31-54(9)29-38-22-15-11-16-23-38)46(44)40-26-19-27-41-47(55)34(5)48(60-49(40)41)39-24-17-12-18-25-39/h10-27,32-33,42-43,46,52H,28-31H2,1-9H3. The molecule has 9 nitrogen and oxygen atoms in total. The lowest BCUT2D eigenvalue weighted by Gasteiger charge is -2.34. The van der Waals surface area contributed by atoms with Crippen LogP contribution in [0.5, 0.6) is 0 Å². The lowest BCUT2D eigenvalue weighted by Crippen LogP contribution is -2.40. The molecule has 5 aromatic rings. The maximum absolute atomic E-state index is 14.9. The zero-order chi connectivity index (χ0) is 43.1. The Morgan fingerprint density at radius 1 is 0.650 bits per heavy atom. The minimum absolute atomic E-state index is 0.0172. The van der Waals surface area contributed by atoms with Gasteiger partial charge < -0.3 is 19.2 Å². The fourth-order valence-electron chi connectivity index (χ4n) is 7.97. The largest absolute Gasteiger partial charge is 0.457 e. The molecule has 1 aliphatic rings. The number of allylic oxidation sites excluding steroid dienone is 2. The molecule has 2 atom stereocenters. The number of nitrogens with zero attached hydrogens (tertiary/aromatic N) is 2. The smallest absolute Gasteiger partial charge is 0.337 e. The van der Waals surface area contributed by atoms with Crippen LogP contribution < -0.4 is 10.7 Å². The van der Waals surface area contributed by atoms with Gasteiger partial charge in [0.2, 0.25) is 0 Å². The summed E-state index contributed by atoms with van der Waals surface area (Å²) >= 11 is 0. The Morgan fingerprint density at radius 3 is 1.55 bits per heavy atom. The molecule has 60 heavy (non-hydrogen) atoms. The van der Waals surface area contributed by atoms with Gasteiger partial charge in [-0.1, -0.05) is 131 Å². The first-order chi connectivity index (χ1) is 28.7. The Bertz CT molecular complexity index is 2300.